The molecule has 0 aliphatic heterocycles. The summed E-state index contributed by atoms with van der Waals surface area (Å²) < 4.78 is 21.8. The molecule has 21 heavy (non-hydrogen) atoms. The molecule has 0 fully saturated rings. The van der Waals surface area contributed by atoms with E-state index in [1.54, 1.807) is 0 Å². The van der Waals surface area contributed by atoms with Crippen LogP contribution in [0.3, 0.4) is 0 Å². The predicted molar refractivity (Wildman–Crippen MR) is 88.0 cm³/mol. The highest BCUT2D eigenvalue weighted by molar-refractivity contribution is 6.26. The summed E-state index contributed by atoms with van der Waals surface area (Å²) in [5.41, 5.74) is 0. The van der Waals surface area contributed by atoms with Crippen LogP contribution in [0.15, 0.2) is 0 Å². The van der Waals surface area contributed by atoms with Crippen LogP contribution in [-0.2, 0) is 18.6 Å². The molecule has 0 heterocycles. The molecule has 0 saturated heterocycles. The van der Waals surface area contributed by atoms with Crippen molar-refractivity contribution in [1.82, 2.24) is 0 Å². The third-order valence-electron chi connectivity index (χ3n) is 2.95. The zero-order valence-electron chi connectivity index (χ0n) is 14.0. The van der Waals surface area contributed by atoms with Crippen molar-refractivity contribution in [2.24, 2.45) is 0 Å². The van der Waals surface area contributed by atoms with Crippen molar-refractivity contribution in [2.75, 3.05) is 46.2 Å². The average molecular weight is 319 g/mol. The second-order valence-corrected chi connectivity index (χ2v) is 6.07. The molecular formula is C16H34O4Si. The fourth-order valence-electron chi connectivity index (χ4n) is 1.67. The number of rotatable bonds is 18. The Balaban J connectivity index is 2.90. The van der Waals surface area contributed by atoms with Crippen molar-refractivity contribution >= 4 is 9.76 Å². The number of hydrogen-bond donors (Lipinski definition) is 0. The van der Waals surface area contributed by atoms with E-state index in [0.717, 1.165) is 13.0 Å². The van der Waals surface area contributed by atoms with Gasteiger partial charge in [0.15, 0.2) is 0 Å². The Morgan fingerprint density at radius 2 is 1.14 bits per heavy atom. The lowest BCUT2D eigenvalue weighted by Crippen LogP contribution is -2.12. The topological polar surface area (TPSA) is 36.9 Å². The van der Waals surface area contributed by atoms with Gasteiger partial charge in [0.2, 0.25) is 9.76 Å². The van der Waals surface area contributed by atoms with E-state index in [1.165, 1.54) is 38.1 Å². The minimum atomic E-state index is 0.623. The van der Waals surface area contributed by atoms with E-state index in [-0.39, 0.29) is 0 Å². The van der Waals surface area contributed by atoms with Gasteiger partial charge in [-0.25, -0.2) is 0 Å². The standard InChI is InChI=1S/C16H34O4Si/c1-3-5-7-8-9-17-10-11-18-12-13-19-14-15-20-21-16-6-4-2/h3-16H2,1-2H3. The highest BCUT2D eigenvalue weighted by Gasteiger charge is 1.94. The Bertz CT molecular complexity index is 164. The summed E-state index contributed by atoms with van der Waals surface area (Å²) >= 11 is 0. The molecule has 2 radical (unpaired) electrons. The van der Waals surface area contributed by atoms with Crippen LogP contribution in [0.4, 0.5) is 0 Å². The lowest BCUT2D eigenvalue weighted by molar-refractivity contribution is 0.00892. The van der Waals surface area contributed by atoms with Crippen LogP contribution in [0.5, 0.6) is 0 Å². The first kappa shape index (κ1) is 21.1. The fourth-order valence-corrected chi connectivity index (χ4v) is 2.54. The van der Waals surface area contributed by atoms with Crippen LogP contribution in [0, 0.1) is 0 Å². The Labute approximate surface area is 133 Å². The molecule has 0 aromatic heterocycles. The van der Waals surface area contributed by atoms with Crippen molar-refractivity contribution in [2.45, 2.75) is 58.4 Å². The predicted octanol–water partition coefficient (Wildman–Crippen LogP) is 3.47. The molecule has 0 aromatic carbocycles. The zero-order valence-corrected chi connectivity index (χ0v) is 15.0. The fraction of sp³-hybridized carbons (Fsp3) is 1.00. The number of ether oxygens (including phenoxy) is 3. The lowest BCUT2D eigenvalue weighted by atomic mass is 10.2. The van der Waals surface area contributed by atoms with Gasteiger partial charge in [0.25, 0.3) is 0 Å². The van der Waals surface area contributed by atoms with Gasteiger partial charge in [0, 0.05) is 6.61 Å². The Morgan fingerprint density at radius 1 is 0.571 bits per heavy atom. The molecule has 0 spiro atoms. The quantitative estimate of drug-likeness (QED) is 0.286. The number of hydrogen-bond acceptors (Lipinski definition) is 4. The first-order chi connectivity index (χ1) is 10.4. The summed E-state index contributed by atoms with van der Waals surface area (Å²) in [6.45, 7) is 9.26. The molecule has 0 aliphatic rings. The Kier molecular flexibility index (Phi) is 20.1. The summed E-state index contributed by atoms with van der Waals surface area (Å²) in [5, 5.41) is 0. The highest BCUT2D eigenvalue weighted by atomic mass is 28.2. The molecule has 0 unspecified atom stereocenters. The molecule has 0 N–H and O–H groups in total. The summed E-state index contributed by atoms with van der Waals surface area (Å²) in [6, 6.07) is 1.18. The van der Waals surface area contributed by atoms with Crippen molar-refractivity contribution in [3.8, 4) is 0 Å². The first-order valence-corrected chi connectivity index (χ1v) is 9.61. The molecule has 0 aliphatic carbocycles. The molecule has 4 nitrogen and oxygen atoms in total. The minimum absolute atomic E-state index is 0.623. The summed E-state index contributed by atoms with van der Waals surface area (Å²) in [5.74, 6) is 0. The minimum Gasteiger partial charge on any atom is -0.415 e. The van der Waals surface area contributed by atoms with Gasteiger partial charge in [-0.05, 0) is 12.5 Å². The van der Waals surface area contributed by atoms with E-state index in [4.69, 9.17) is 18.6 Å². The molecule has 0 amide bonds. The van der Waals surface area contributed by atoms with Crippen LogP contribution < -0.4 is 0 Å². The smallest absolute Gasteiger partial charge is 0.229 e. The molecule has 0 bridgehead atoms. The van der Waals surface area contributed by atoms with Crippen LogP contribution in [0.2, 0.25) is 6.04 Å². The van der Waals surface area contributed by atoms with Crippen molar-refractivity contribution in [3.05, 3.63) is 0 Å². The largest absolute Gasteiger partial charge is 0.415 e. The second kappa shape index (κ2) is 20.1. The van der Waals surface area contributed by atoms with E-state index in [0.29, 0.717) is 49.4 Å². The van der Waals surface area contributed by atoms with Gasteiger partial charge in [-0.2, -0.15) is 0 Å². The molecule has 126 valence electrons. The van der Waals surface area contributed by atoms with Crippen LogP contribution in [0.25, 0.3) is 0 Å². The Hall–Kier alpha value is 0.0569. The molecule has 0 atom stereocenters. The monoisotopic (exact) mass is 318 g/mol. The summed E-state index contributed by atoms with van der Waals surface area (Å²) in [6.07, 6.45) is 7.51. The van der Waals surface area contributed by atoms with Crippen LogP contribution in [-0.4, -0.2) is 56.0 Å². The third-order valence-corrected chi connectivity index (χ3v) is 3.92. The maximum atomic E-state index is 5.49. The van der Waals surface area contributed by atoms with Gasteiger partial charge >= 0.3 is 0 Å². The van der Waals surface area contributed by atoms with Gasteiger partial charge in [-0.15, -0.1) is 0 Å². The van der Waals surface area contributed by atoms with E-state index in [2.05, 4.69) is 13.8 Å². The SMILES string of the molecule is CCCCCCOCCOCCOCCO[Si]CCCC. The van der Waals surface area contributed by atoms with Crippen molar-refractivity contribution in [1.29, 1.82) is 0 Å². The molecule has 0 saturated carbocycles. The maximum absolute atomic E-state index is 5.49. The van der Waals surface area contributed by atoms with Crippen molar-refractivity contribution < 1.29 is 18.6 Å². The van der Waals surface area contributed by atoms with Crippen LogP contribution in [0.1, 0.15) is 52.4 Å². The van der Waals surface area contributed by atoms with E-state index < -0.39 is 0 Å². The molecule has 0 rings (SSSR count). The van der Waals surface area contributed by atoms with Gasteiger partial charge in [0.05, 0.1) is 39.6 Å². The van der Waals surface area contributed by atoms with Crippen LogP contribution >= 0.6 is 0 Å². The Morgan fingerprint density at radius 3 is 1.76 bits per heavy atom. The van der Waals surface area contributed by atoms with Gasteiger partial charge in [-0.1, -0.05) is 46.0 Å². The normalized spacial score (nSPS) is 11.1. The highest BCUT2D eigenvalue weighted by Crippen LogP contribution is 1.98. The van der Waals surface area contributed by atoms with E-state index >= 15 is 0 Å². The summed E-state index contributed by atoms with van der Waals surface area (Å²) in [4.78, 5) is 0. The van der Waals surface area contributed by atoms with Crippen molar-refractivity contribution in [3.63, 3.8) is 0 Å². The zero-order chi connectivity index (χ0) is 15.4. The van der Waals surface area contributed by atoms with Gasteiger partial charge in [-0.3, -0.25) is 0 Å². The molecular weight excluding hydrogens is 284 g/mol. The maximum Gasteiger partial charge on any atom is 0.229 e. The lowest BCUT2D eigenvalue weighted by Gasteiger charge is -2.07. The third kappa shape index (κ3) is 20.1. The molecule has 5 heteroatoms. The average Bonchev–Trinajstić information content (AvgIpc) is 2.50. The summed E-state index contributed by atoms with van der Waals surface area (Å²) in [7, 11) is 0.623. The second-order valence-electron chi connectivity index (χ2n) is 4.99. The van der Waals surface area contributed by atoms with Gasteiger partial charge in [0.1, 0.15) is 0 Å². The molecule has 0 aromatic rings. The number of unbranched alkanes of at least 4 members (excludes halogenated alkanes) is 4. The van der Waals surface area contributed by atoms with Gasteiger partial charge < -0.3 is 18.6 Å². The first-order valence-electron chi connectivity index (χ1n) is 8.49. The van der Waals surface area contributed by atoms with E-state index in [1.807, 2.05) is 0 Å². The van der Waals surface area contributed by atoms with E-state index in [9.17, 15) is 0 Å².